The average Bonchev–Trinajstić information content (AvgIpc) is 3.41. The molecule has 0 bridgehead atoms. The first-order chi connectivity index (χ1) is 22.1. The van der Waals surface area contributed by atoms with Gasteiger partial charge in [0.15, 0.2) is 0 Å². The van der Waals surface area contributed by atoms with E-state index in [0.29, 0.717) is 13.1 Å². The quantitative estimate of drug-likeness (QED) is 0.160. The molecule has 0 spiro atoms. The van der Waals surface area contributed by atoms with Gasteiger partial charge in [0, 0.05) is 19.0 Å². The summed E-state index contributed by atoms with van der Waals surface area (Å²) in [6, 6.07) is 44.8. The first kappa shape index (κ1) is 29.9. The van der Waals surface area contributed by atoms with E-state index in [0.717, 1.165) is 38.9 Å². The number of carbonyl (C=O) groups excluding carboxylic acids is 2. The molecule has 0 aliphatic heterocycles. The zero-order chi connectivity index (χ0) is 31.0. The molecule has 5 aromatic carbocycles. The summed E-state index contributed by atoms with van der Waals surface area (Å²) in [5.41, 5.74) is 7.58. The molecule has 1 N–H and O–H groups in total. The standard InChI is InChI=1S/C39H36N2O4/c1-44-38(42)36(40-39(43)45-27-35-33-23-13-11-21-31(33)32-22-12-14-24-34(32)35)37(30-19-9-4-10-20-30)41(25-28-15-5-2-6-16-28)26-29-17-7-3-8-18-29/h2-24,35-37H,25-27H2,1H3,(H,40,43)/t36-,37-/m0/s1. The number of nitrogens with one attached hydrogen (secondary N) is 1. The van der Waals surface area contributed by atoms with Crippen LogP contribution in [0.25, 0.3) is 11.1 Å². The number of rotatable bonds is 11. The van der Waals surface area contributed by atoms with Crippen LogP contribution in [-0.4, -0.2) is 36.7 Å². The lowest BCUT2D eigenvalue weighted by Crippen LogP contribution is -2.51. The second-order valence-electron chi connectivity index (χ2n) is 11.2. The van der Waals surface area contributed by atoms with Gasteiger partial charge in [-0.05, 0) is 38.9 Å². The Morgan fingerprint density at radius 1 is 0.667 bits per heavy atom. The first-order valence-corrected chi connectivity index (χ1v) is 15.2. The molecular formula is C39H36N2O4. The van der Waals surface area contributed by atoms with Gasteiger partial charge in [-0.1, -0.05) is 140 Å². The molecule has 0 radical (unpaired) electrons. The van der Waals surface area contributed by atoms with Crippen LogP contribution in [0.3, 0.4) is 0 Å². The van der Waals surface area contributed by atoms with Gasteiger partial charge in [0.05, 0.1) is 13.2 Å². The Bertz CT molecular complexity index is 1640. The fraction of sp³-hybridized carbons (Fsp3) is 0.179. The fourth-order valence-electron chi connectivity index (χ4n) is 6.31. The number of esters is 1. The molecule has 0 saturated heterocycles. The van der Waals surface area contributed by atoms with Crippen LogP contribution >= 0.6 is 0 Å². The highest BCUT2D eigenvalue weighted by Gasteiger charge is 2.37. The normalized spacial score (nSPS) is 13.4. The molecule has 5 aromatic rings. The van der Waals surface area contributed by atoms with E-state index in [-0.39, 0.29) is 12.5 Å². The zero-order valence-electron chi connectivity index (χ0n) is 25.2. The predicted octanol–water partition coefficient (Wildman–Crippen LogP) is 7.51. The fourth-order valence-corrected chi connectivity index (χ4v) is 6.31. The van der Waals surface area contributed by atoms with E-state index in [1.165, 1.54) is 7.11 Å². The minimum atomic E-state index is -1.04. The summed E-state index contributed by atoms with van der Waals surface area (Å²) in [7, 11) is 1.34. The maximum atomic E-state index is 13.6. The summed E-state index contributed by atoms with van der Waals surface area (Å²) < 4.78 is 11.2. The van der Waals surface area contributed by atoms with Crippen LogP contribution in [0, 0.1) is 0 Å². The zero-order valence-corrected chi connectivity index (χ0v) is 25.2. The van der Waals surface area contributed by atoms with Crippen LogP contribution in [0.4, 0.5) is 4.79 Å². The molecule has 0 saturated carbocycles. The highest BCUT2D eigenvalue weighted by Crippen LogP contribution is 2.44. The van der Waals surface area contributed by atoms with E-state index in [1.54, 1.807) is 0 Å². The van der Waals surface area contributed by atoms with Gasteiger partial charge in [-0.3, -0.25) is 4.90 Å². The number of hydrogen-bond acceptors (Lipinski definition) is 5. The van der Waals surface area contributed by atoms with E-state index in [2.05, 4.69) is 58.7 Å². The summed E-state index contributed by atoms with van der Waals surface area (Å²) in [4.78, 5) is 29.3. The smallest absolute Gasteiger partial charge is 0.407 e. The Labute approximate surface area is 264 Å². The monoisotopic (exact) mass is 596 g/mol. The van der Waals surface area contributed by atoms with Gasteiger partial charge in [0.2, 0.25) is 0 Å². The Morgan fingerprint density at radius 3 is 1.64 bits per heavy atom. The maximum absolute atomic E-state index is 13.6. The lowest BCUT2D eigenvalue weighted by atomic mass is 9.95. The summed E-state index contributed by atoms with van der Waals surface area (Å²) in [5.74, 6) is -0.652. The number of fused-ring (bicyclic) bond motifs is 3. The van der Waals surface area contributed by atoms with Crippen molar-refractivity contribution in [2.45, 2.75) is 31.1 Å². The molecule has 0 heterocycles. The summed E-state index contributed by atoms with van der Waals surface area (Å²) in [6.07, 6.45) is -0.674. The van der Waals surface area contributed by atoms with Gasteiger partial charge < -0.3 is 14.8 Å². The highest BCUT2D eigenvalue weighted by molar-refractivity contribution is 5.83. The van der Waals surface area contributed by atoms with Crippen LogP contribution in [0.1, 0.15) is 39.8 Å². The van der Waals surface area contributed by atoms with Gasteiger partial charge in [-0.2, -0.15) is 0 Å². The van der Waals surface area contributed by atoms with E-state index in [4.69, 9.17) is 9.47 Å². The second kappa shape index (κ2) is 14.1. The van der Waals surface area contributed by atoms with Gasteiger partial charge in [-0.15, -0.1) is 0 Å². The average molecular weight is 597 g/mol. The lowest BCUT2D eigenvalue weighted by Gasteiger charge is -2.36. The Morgan fingerprint density at radius 2 is 1.13 bits per heavy atom. The molecule has 6 heteroatoms. The number of benzene rings is 5. The number of amides is 1. The van der Waals surface area contributed by atoms with Crippen molar-refractivity contribution in [3.63, 3.8) is 0 Å². The number of hydrogen-bond donors (Lipinski definition) is 1. The van der Waals surface area contributed by atoms with E-state index in [9.17, 15) is 9.59 Å². The van der Waals surface area contributed by atoms with Crippen molar-refractivity contribution in [2.24, 2.45) is 0 Å². The number of methoxy groups -OCH3 is 1. The predicted molar refractivity (Wildman–Crippen MR) is 175 cm³/mol. The van der Waals surface area contributed by atoms with Crippen molar-refractivity contribution in [3.8, 4) is 11.1 Å². The van der Waals surface area contributed by atoms with Crippen molar-refractivity contribution < 1.29 is 19.1 Å². The molecule has 0 fully saturated rings. The minimum Gasteiger partial charge on any atom is -0.467 e. The molecular weight excluding hydrogens is 560 g/mol. The molecule has 45 heavy (non-hydrogen) atoms. The Hall–Kier alpha value is -5.20. The van der Waals surface area contributed by atoms with Crippen LogP contribution < -0.4 is 5.32 Å². The minimum absolute atomic E-state index is 0.0997. The lowest BCUT2D eigenvalue weighted by molar-refractivity contribution is -0.145. The Kier molecular flexibility index (Phi) is 9.33. The third kappa shape index (κ3) is 6.82. The molecule has 226 valence electrons. The number of ether oxygens (including phenoxy) is 2. The third-order valence-corrected chi connectivity index (χ3v) is 8.38. The molecule has 6 nitrogen and oxygen atoms in total. The number of alkyl carbamates (subject to hydrolysis) is 1. The molecule has 6 rings (SSSR count). The summed E-state index contributed by atoms with van der Waals surface area (Å²) in [5, 5.41) is 2.91. The van der Waals surface area contributed by atoms with Gasteiger partial charge in [-0.25, -0.2) is 9.59 Å². The highest BCUT2D eigenvalue weighted by atomic mass is 16.6. The van der Waals surface area contributed by atoms with Gasteiger partial charge in [0.1, 0.15) is 12.6 Å². The third-order valence-electron chi connectivity index (χ3n) is 8.38. The molecule has 2 atom stereocenters. The second-order valence-corrected chi connectivity index (χ2v) is 11.2. The van der Waals surface area contributed by atoms with Crippen molar-refractivity contribution in [1.29, 1.82) is 0 Å². The molecule has 0 aromatic heterocycles. The largest absolute Gasteiger partial charge is 0.467 e. The molecule has 1 aliphatic carbocycles. The van der Waals surface area contributed by atoms with Crippen LogP contribution in [0.2, 0.25) is 0 Å². The van der Waals surface area contributed by atoms with Crippen molar-refractivity contribution in [1.82, 2.24) is 10.2 Å². The summed E-state index contributed by atoms with van der Waals surface area (Å²) >= 11 is 0. The van der Waals surface area contributed by atoms with Crippen molar-refractivity contribution in [2.75, 3.05) is 13.7 Å². The van der Waals surface area contributed by atoms with E-state index < -0.39 is 24.1 Å². The molecule has 0 unspecified atom stereocenters. The number of nitrogens with zero attached hydrogens (tertiary/aromatic N) is 1. The van der Waals surface area contributed by atoms with Gasteiger partial charge >= 0.3 is 12.1 Å². The van der Waals surface area contributed by atoms with Crippen molar-refractivity contribution >= 4 is 12.1 Å². The van der Waals surface area contributed by atoms with Crippen molar-refractivity contribution in [3.05, 3.63) is 167 Å². The van der Waals surface area contributed by atoms with E-state index in [1.807, 2.05) is 91.0 Å². The van der Waals surface area contributed by atoms with Crippen LogP contribution in [-0.2, 0) is 27.4 Å². The molecule has 1 aliphatic rings. The topological polar surface area (TPSA) is 67.9 Å². The van der Waals surface area contributed by atoms with Gasteiger partial charge in [0.25, 0.3) is 0 Å². The summed E-state index contributed by atoms with van der Waals surface area (Å²) in [6.45, 7) is 1.21. The van der Waals surface area contributed by atoms with E-state index >= 15 is 0 Å². The number of carbonyl (C=O) groups is 2. The SMILES string of the molecule is COC(=O)[C@@H](NC(=O)OCC1c2ccccc2-c2ccccc21)[C@H](c1ccccc1)N(Cc1ccccc1)Cc1ccccc1. The first-order valence-electron chi connectivity index (χ1n) is 15.2. The van der Waals surface area contributed by atoms with Crippen LogP contribution in [0.5, 0.6) is 0 Å². The molecule has 1 amide bonds. The van der Waals surface area contributed by atoms with Crippen LogP contribution in [0.15, 0.2) is 140 Å². The Balaban J connectivity index is 1.30. The maximum Gasteiger partial charge on any atom is 0.407 e.